The molecule has 6 heteroatoms. The van der Waals surface area contributed by atoms with Gasteiger partial charge in [-0.1, -0.05) is 25.1 Å². The Morgan fingerprint density at radius 1 is 1.10 bits per heavy atom. The van der Waals surface area contributed by atoms with E-state index in [-0.39, 0.29) is 13.0 Å². The van der Waals surface area contributed by atoms with Crippen LogP contribution < -0.4 is 5.48 Å². The summed E-state index contributed by atoms with van der Waals surface area (Å²) >= 11 is 0. The maximum Gasteiger partial charge on any atom is 0.346 e. The van der Waals surface area contributed by atoms with Crippen molar-refractivity contribution >= 4 is 17.8 Å². The lowest BCUT2D eigenvalue weighted by Gasteiger charge is -2.12. The predicted molar refractivity (Wildman–Crippen MR) is 70.4 cm³/mol. The normalized spacial score (nSPS) is 11.3. The molecule has 0 fully saturated rings. The first-order valence-electron chi connectivity index (χ1n) is 6.32. The number of benzene rings is 1. The van der Waals surface area contributed by atoms with E-state index in [9.17, 15) is 14.4 Å². The van der Waals surface area contributed by atoms with Crippen molar-refractivity contribution in [2.45, 2.75) is 20.3 Å². The van der Waals surface area contributed by atoms with Crippen molar-refractivity contribution in [3.05, 3.63) is 35.9 Å². The van der Waals surface area contributed by atoms with Crippen LogP contribution in [0.15, 0.2) is 30.3 Å². The standard InChI is InChI=1S/C14H17NO5/c1-3-11(13(17)19-4-2)14(18)20-15-12(16)10-8-6-5-7-9-10/h5-9,11H,3-4H2,1-2H3,(H,15,16). The fourth-order valence-corrected chi connectivity index (χ4v) is 1.49. The minimum absolute atomic E-state index is 0.180. The van der Waals surface area contributed by atoms with E-state index in [2.05, 4.69) is 4.84 Å². The molecule has 6 nitrogen and oxygen atoms in total. The molecule has 0 aromatic heterocycles. The summed E-state index contributed by atoms with van der Waals surface area (Å²) in [4.78, 5) is 39.5. The molecule has 0 aliphatic carbocycles. The lowest BCUT2D eigenvalue weighted by molar-refractivity contribution is -0.165. The first kappa shape index (κ1) is 15.7. The molecule has 0 aliphatic rings. The highest BCUT2D eigenvalue weighted by Gasteiger charge is 2.28. The van der Waals surface area contributed by atoms with Crippen LogP contribution in [-0.4, -0.2) is 24.5 Å². The van der Waals surface area contributed by atoms with E-state index in [1.54, 1.807) is 44.2 Å². The molecule has 1 rings (SSSR count). The van der Waals surface area contributed by atoms with Gasteiger partial charge in [-0.25, -0.2) is 4.79 Å². The number of carbonyl (C=O) groups is 3. The summed E-state index contributed by atoms with van der Waals surface area (Å²) in [5.74, 6) is -3.09. The van der Waals surface area contributed by atoms with Crippen LogP contribution in [0.25, 0.3) is 0 Å². The molecule has 108 valence electrons. The third-order valence-electron chi connectivity index (χ3n) is 2.54. The smallest absolute Gasteiger partial charge is 0.346 e. The Labute approximate surface area is 117 Å². The predicted octanol–water partition coefficient (Wildman–Crippen LogP) is 1.46. The van der Waals surface area contributed by atoms with Crippen molar-refractivity contribution in [1.82, 2.24) is 5.48 Å². The third-order valence-corrected chi connectivity index (χ3v) is 2.54. The van der Waals surface area contributed by atoms with Crippen molar-refractivity contribution in [1.29, 1.82) is 0 Å². The molecule has 1 amide bonds. The van der Waals surface area contributed by atoms with Crippen LogP contribution in [0.3, 0.4) is 0 Å². The number of hydroxylamine groups is 1. The number of rotatable bonds is 5. The van der Waals surface area contributed by atoms with Gasteiger partial charge in [0.15, 0.2) is 5.92 Å². The highest BCUT2D eigenvalue weighted by atomic mass is 16.7. The molecule has 1 N–H and O–H groups in total. The first-order chi connectivity index (χ1) is 9.60. The second-order valence-electron chi connectivity index (χ2n) is 3.93. The Morgan fingerprint density at radius 2 is 1.75 bits per heavy atom. The zero-order valence-corrected chi connectivity index (χ0v) is 11.4. The monoisotopic (exact) mass is 279 g/mol. The Balaban J connectivity index is 2.53. The molecule has 0 spiro atoms. The number of nitrogens with one attached hydrogen (secondary N) is 1. The van der Waals surface area contributed by atoms with E-state index in [0.29, 0.717) is 5.56 Å². The van der Waals surface area contributed by atoms with E-state index in [0.717, 1.165) is 0 Å². The largest absolute Gasteiger partial charge is 0.465 e. The molecule has 0 bridgehead atoms. The van der Waals surface area contributed by atoms with Crippen LogP contribution in [0, 0.1) is 5.92 Å². The number of amides is 1. The zero-order chi connectivity index (χ0) is 15.0. The fraction of sp³-hybridized carbons (Fsp3) is 0.357. The minimum Gasteiger partial charge on any atom is -0.465 e. The molecule has 20 heavy (non-hydrogen) atoms. The van der Waals surface area contributed by atoms with Crippen molar-refractivity contribution in [2.75, 3.05) is 6.61 Å². The van der Waals surface area contributed by atoms with Crippen molar-refractivity contribution in [3.8, 4) is 0 Å². The summed E-state index contributed by atoms with van der Waals surface area (Å²) in [5.41, 5.74) is 2.37. The van der Waals surface area contributed by atoms with Crippen LogP contribution in [0.1, 0.15) is 30.6 Å². The second kappa shape index (κ2) is 7.93. The van der Waals surface area contributed by atoms with Crippen LogP contribution in [0.2, 0.25) is 0 Å². The van der Waals surface area contributed by atoms with Gasteiger partial charge in [0.2, 0.25) is 0 Å². The average Bonchev–Trinajstić information content (AvgIpc) is 2.46. The van der Waals surface area contributed by atoms with Gasteiger partial charge in [-0.15, -0.1) is 0 Å². The van der Waals surface area contributed by atoms with Gasteiger partial charge in [0.05, 0.1) is 6.61 Å². The Bertz CT molecular complexity index is 472. The van der Waals surface area contributed by atoms with E-state index < -0.39 is 23.8 Å². The quantitative estimate of drug-likeness (QED) is 0.501. The Morgan fingerprint density at radius 3 is 2.30 bits per heavy atom. The summed E-state index contributed by atoms with van der Waals surface area (Å²) in [5, 5.41) is 0. The van der Waals surface area contributed by atoms with Gasteiger partial charge in [0.1, 0.15) is 0 Å². The number of hydrogen-bond acceptors (Lipinski definition) is 5. The Kier molecular flexibility index (Phi) is 6.22. The first-order valence-corrected chi connectivity index (χ1v) is 6.32. The molecule has 1 unspecified atom stereocenters. The molecular formula is C14H17NO5. The van der Waals surface area contributed by atoms with E-state index >= 15 is 0 Å². The van der Waals surface area contributed by atoms with Crippen molar-refractivity contribution in [3.63, 3.8) is 0 Å². The summed E-state index contributed by atoms with van der Waals surface area (Å²) in [6.45, 7) is 3.48. The van der Waals surface area contributed by atoms with Crippen molar-refractivity contribution < 1.29 is 24.0 Å². The second-order valence-corrected chi connectivity index (χ2v) is 3.93. The van der Waals surface area contributed by atoms with Gasteiger partial charge >= 0.3 is 11.9 Å². The molecule has 1 aromatic rings. The molecule has 0 heterocycles. The summed E-state index contributed by atoms with van der Waals surface area (Å²) in [6, 6.07) is 8.28. The van der Waals surface area contributed by atoms with E-state index in [1.807, 2.05) is 5.48 Å². The summed E-state index contributed by atoms with van der Waals surface area (Å²) in [6.07, 6.45) is 0.235. The lowest BCUT2D eigenvalue weighted by atomic mass is 10.1. The molecular weight excluding hydrogens is 262 g/mol. The van der Waals surface area contributed by atoms with Gasteiger partial charge in [0, 0.05) is 5.56 Å². The number of ether oxygens (including phenoxy) is 1. The van der Waals surface area contributed by atoms with Gasteiger partial charge in [-0.05, 0) is 25.5 Å². The average molecular weight is 279 g/mol. The molecule has 0 radical (unpaired) electrons. The molecule has 1 aromatic carbocycles. The topological polar surface area (TPSA) is 81.7 Å². The van der Waals surface area contributed by atoms with Gasteiger partial charge < -0.3 is 9.57 Å². The summed E-state index contributed by atoms with van der Waals surface area (Å²) < 4.78 is 4.76. The summed E-state index contributed by atoms with van der Waals surface area (Å²) in [7, 11) is 0. The highest BCUT2D eigenvalue weighted by molar-refractivity contribution is 5.97. The van der Waals surface area contributed by atoms with Gasteiger partial charge in [-0.2, -0.15) is 5.48 Å². The molecule has 0 saturated heterocycles. The third kappa shape index (κ3) is 4.38. The minimum atomic E-state index is -1.04. The molecule has 1 atom stereocenters. The molecule has 0 aliphatic heterocycles. The number of esters is 1. The number of carbonyl (C=O) groups excluding carboxylic acids is 3. The van der Waals surface area contributed by atoms with Crippen LogP contribution in [0.5, 0.6) is 0 Å². The maximum atomic E-state index is 11.7. The van der Waals surface area contributed by atoms with E-state index in [4.69, 9.17) is 4.74 Å². The fourth-order valence-electron chi connectivity index (χ4n) is 1.49. The van der Waals surface area contributed by atoms with Gasteiger partial charge in [-0.3, -0.25) is 9.59 Å². The van der Waals surface area contributed by atoms with Crippen molar-refractivity contribution in [2.24, 2.45) is 5.92 Å². The van der Waals surface area contributed by atoms with Gasteiger partial charge in [0.25, 0.3) is 5.91 Å². The highest BCUT2D eigenvalue weighted by Crippen LogP contribution is 2.07. The van der Waals surface area contributed by atoms with E-state index in [1.165, 1.54) is 0 Å². The van der Waals surface area contributed by atoms with Crippen LogP contribution in [0.4, 0.5) is 0 Å². The number of hydrogen-bond donors (Lipinski definition) is 1. The SMILES string of the molecule is CCOC(=O)C(CC)C(=O)ONC(=O)c1ccccc1. The maximum absolute atomic E-state index is 11.7. The zero-order valence-electron chi connectivity index (χ0n) is 11.4. The van der Waals surface area contributed by atoms with Crippen LogP contribution in [-0.2, 0) is 19.2 Å². The van der Waals surface area contributed by atoms with Crippen LogP contribution >= 0.6 is 0 Å². The Hall–Kier alpha value is -2.37. The molecule has 0 saturated carbocycles. The lowest BCUT2D eigenvalue weighted by Crippen LogP contribution is -2.34.